The Morgan fingerprint density at radius 3 is 2.53 bits per heavy atom. The predicted molar refractivity (Wildman–Crippen MR) is 81.6 cm³/mol. The van der Waals surface area contributed by atoms with Gasteiger partial charge in [0.1, 0.15) is 0 Å². The lowest BCUT2D eigenvalue weighted by molar-refractivity contribution is 0.680. The minimum absolute atomic E-state index is 0.655. The highest BCUT2D eigenvalue weighted by Gasteiger charge is 2.09. The average molecular weight is 273 g/mol. The molecule has 2 aromatic carbocycles. The van der Waals surface area contributed by atoms with E-state index < -0.39 is 10.8 Å². The Balaban J connectivity index is 1.93. The van der Waals surface area contributed by atoms with Crippen LogP contribution in [-0.4, -0.2) is 9.96 Å². The van der Waals surface area contributed by atoms with E-state index in [0.717, 1.165) is 23.3 Å². The lowest BCUT2D eigenvalue weighted by Gasteiger charge is -2.08. The van der Waals surface area contributed by atoms with Crippen molar-refractivity contribution in [1.82, 2.24) is 0 Å². The average Bonchev–Trinajstić information content (AvgIpc) is 2.43. The van der Waals surface area contributed by atoms with E-state index in [1.807, 2.05) is 43.3 Å². The largest absolute Gasteiger partial charge is 0.398 e. The molecule has 2 rings (SSSR count). The Morgan fingerprint density at radius 2 is 1.79 bits per heavy atom. The van der Waals surface area contributed by atoms with Crippen molar-refractivity contribution >= 4 is 16.5 Å². The van der Waals surface area contributed by atoms with Gasteiger partial charge in [-0.1, -0.05) is 42.5 Å². The first-order chi connectivity index (χ1) is 9.18. The van der Waals surface area contributed by atoms with Crippen molar-refractivity contribution in [3.8, 4) is 0 Å². The van der Waals surface area contributed by atoms with E-state index in [1.165, 1.54) is 5.56 Å². The van der Waals surface area contributed by atoms with E-state index in [2.05, 4.69) is 12.1 Å². The Hall–Kier alpha value is -1.61. The molecule has 1 unspecified atom stereocenters. The smallest absolute Gasteiger partial charge is 0.0620 e. The topological polar surface area (TPSA) is 43.1 Å². The van der Waals surface area contributed by atoms with Crippen molar-refractivity contribution in [3.05, 3.63) is 59.7 Å². The second-order valence-electron chi connectivity index (χ2n) is 4.63. The van der Waals surface area contributed by atoms with Crippen LogP contribution in [0.1, 0.15) is 17.5 Å². The van der Waals surface area contributed by atoms with Gasteiger partial charge in [-0.15, -0.1) is 0 Å². The molecule has 100 valence electrons. The number of nitrogens with two attached hydrogens (primary N) is 1. The third-order valence-electron chi connectivity index (χ3n) is 3.17. The molecule has 0 saturated heterocycles. The van der Waals surface area contributed by atoms with E-state index >= 15 is 0 Å². The van der Waals surface area contributed by atoms with E-state index in [0.29, 0.717) is 11.4 Å². The molecule has 0 radical (unpaired) electrons. The zero-order valence-electron chi connectivity index (χ0n) is 11.1. The molecule has 0 heterocycles. The molecule has 2 N–H and O–H groups in total. The Kier molecular flexibility index (Phi) is 4.74. The summed E-state index contributed by atoms with van der Waals surface area (Å²) in [6.45, 7) is 1.94. The molecule has 0 aliphatic rings. The molecule has 0 saturated carbocycles. The number of nitrogen functional groups attached to an aromatic ring is 1. The van der Waals surface area contributed by atoms with Crippen molar-refractivity contribution in [1.29, 1.82) is 0 Å². The van der Waals surface area contributed by atoms with Crippen molar-refractivity contribution < 1.29 is 4.21 Å². The number of hydrogen-bond acceptors (Lipinski definition) is 2. The van der Waals surface area contributed by atoms with Gasteiger partial charge < -0.3 is 5.73 Å². The standard InChI is InChI=1S/C16H19NOS/c1-13-7-5-11-15(16(13)17)19(18)12-6-10-14-8-3-2-4-9-14/h2-5,7-9,11H,6,10,12,17H2,1H3. The molecular formula is C16H19NOS. The van der Waals surface area contributed by atoms with Crippen LogP contribution in [0.2, 0.25) is 0 Å². The first kappa shape index (κ1) is 13.8. The van der Waals surface area contributed by atoms with Crippen molar-refractivity contribution in [2.45, 2.75) is 24.7 Å². The number of para-hydroxylation sites is 1. The molecule has 0 aliphatic carbocycles. The number of benzene rings is 2. The maximum Gasteiger partial charge on any atom is 0.0620 e. The van der Waals surface area contributed by atoms with Gasteiger partial charge in [-0.25, -0.2) is 0 Å². The van der Waals surface area contributed by atoms with Gasteiger partial charge in [0.2, 0.25) is 0 Å². The summed E-state index contributed by atoms with van der Waals surface area (Å²) in [4.78, 5) is 0.771. The molecule has 1 atom stereocenters. The van der Waals surface area contributed by atoms with Crippen LogP contribution in [0.4, 0.5) is 5.69 Å². The molecule has 3 heteroatoms. The Morgan fingerprint density at radius 1 is 1.05 bits per heavy atom. The second kappa shape index (κ2) is 6.53. The van der Waals surface area contributed by atoms with Crippen molar-refractivity contribution in [2.24, 2.45) is 0 Å². The lowest BCUT2D eigenvalue weighted by atomic mass is 10.1. The summed E-state index contributed by atoms with van der Waals surface area (Å²) in [5.41, 5.74) is 8.92. The third kappa shape index (κ3) is 3.67. The highest BCUT2D eigenvalue weighted by atomic mass is 32.2. The highest BCUT2D eigenvalue weighted by molar-refractivity contribution is 7.85. The summed E-state index contributed by atoms with van der Waals surface area (Å²) in [6.07, 6.45) is 1.86. The second-order valence-corrected chi connectivity index (χ2v) is 6.16. The molecule has 0 aromatic heterocycles. The minimum Gasteiger partial charge on any atom is -0.398 e. The van der Waals surface area contributed by atoms with Crippen LogP contribution in [0.5, 0.6) is 0 Å². The van der Waals surface area contributed by atoms with Crippen molar-refractivity contribution in [3.63, 3.8) is 0 Å². The van der Waals surface area contributed by atoms with Crippen LogP contribution in [0, 0.1) is 6.92 Å². The summed E-state index contributed by atoms with van der Waals surface area (Å²) in [5.74, 6) is 0.655. The number of aryl methyl sites for hydroxylation is 2. The zero-order chi connectivity index (χ0) is 13.7. The molecular weight excluding hydrogens is 254 g/mol. The van der Waals surface area contributed by atoms with E-state index in [9.17, 15) is 4.21 Å². The molecule has 19 heavy (non-hydrogen) atoms. The van der Waals surface area contributed by atoms with E-state index in [-0.39, 0.29) is 0 Å². The number of hydrogen-bond donors (Lipinski definition) is 1. The Bertz CT molecular complexity index is 566. The van der Waals surface area contributed by atoms with Gasteiger partial charge >= 0.3 is 0 Å². The van der Waals surface area contributed by atoms with Crippen LogP contribution in [0.3, 0.4) is 0 Å². The fraction of sp³-hybridized carbons (Fsp3) is 0.250. The normalized spacial score (nSPS) is 12.3. The summed E-state index contributed by atoms with van der Waals surface area (Å²) in [6, 6.07) is 16.0. The lowest BCUT2D eigenvalue weighted by Crippen LogP contribution is -2.04. The summed E-state index contributed by atoms with van der Waals surface area (Å²) in [5, 5.41) is 0. The monoisotopic (exact) mass is 273 g/mol. The summed E-state index contributed by atoms with van der Waals surface area (Å²) >= 11 is 0. The first-order valence-corrected chi connectivity index (χ1v) is 7.78. The molecule has 0 spiro atoms. The molecule has 0 aliphatic heterocycles. The van der Waals surface area contributed by atoms with Gasteiger partial charge in [-0.3, -0.25) is 4.21 Å². The molecule has 2 aromatic rings. The van der Waals surface area contributed by atoms with Crippen molar-refractivity contribution in [2.75, 3.05) is 11.5 Å². The fourth-order valence-electron chi connectivity index (χ4n) is 2.01. The van der Waals surface area contributed by atoms with Crippen LogP contribution >= 0.6 is 0 Å². The summed E-state index contributed by atoms with van der Waals surface area (Å²) < 4.78 is 12.2. The molecule has 0 fully saturated rings. The maximum absolute atomic E-state index is 12.2. The van der Waals surface area contributed by atoms with Gasteiger partial charge in [0.05, 0.1) is 21.4 Å². The predicted octanol–water partition coefficient (Wildman–Crippen LogP) is 3.32. The minimum atomic E-state index is -1.00. The first-order valence-electron chi connectivity index (χ1n) is 6.46. The number of anilines is 1. The van der Waals surface area contributed by atoms with E-state index in [4.69, 9.17) is 5.73 Å². The Labute approximate surface area is 117 Å². The van der Waals surface area contributed by atoms with Gasteiger partial charge in [0.25, 0.3) is 0 Å². The van der Waals surface area contributed by atoms with Gasteiger partial charge in [-0.05, 0) is 37.0 Å². The van der Waals surface area contributed by atoms with Gasteiger partial charge in [0.15, 0.2) is 0 Å². The van der Waals surface area contributed by atoms with E-state index in [1.54, 1.807) is 0 Å². The van der Waals surface area contributed by atoms with Gasteiger partial charge in [0, 0.05) is 5.75 Å². The molecule has 0 amide bonds. The zero-order valence-corrected chi connectivity index (χ0v) is 12.0. The highest BCUT2D eigenvalue weighted by Crippen LogP contribution is 2.20. The molecule has 0 bridgehead atoms. The summed E-state index contributed by atoms with van der Waals surface area (Å²) in [7, 11) is -1.00. The van der Waals surface area contributed by atoms with Crippen LogP contribution < -0.4 is 5.73 Å². The third-order valence-corrected chi connectivity index (χ3v) is 4.67. The SMILES string of the molecule is Cc1cccc(S(=O)CCCc2ccccc2)c1N. The van der Waals surface area contributed by atoms with Gasteiger partial charge in [-0.2, -0.15) is 0 Å². The number of rotatable bonds is 5. The van der Waals surface area contributed by atoms with Crippen LogP contribution in [0.15, 0.2) is 53.4 Å². The molecule has 2 nitrogen and oxygen atoms in total. The fourth-order valence-corrected chi connectivity index (χ4v) is 3.28. The van der Waals surface area contributed by atoms with Crippen LogP contribution in [0.25, 0.3) is 0 Å². The quantitative estimate of drug-likeness (QED) is 0.849. The van der Waals surface area contributed by atoms with Crippen LogP contribution in [-0.2, 0) is 17.2 Å². The maximum atomic E-state index is 12.2.